The topological polar surface area (TPSA) is 74.2 Å². The van der Waals surface area contributed by atoms with Crippen molar-refractivity contribution in [1.82, 2.24) is 0 Å². The molecule has 0 fully saturated rings. The minimum absolute atomic E-state index is 0.132. The van der Waals surface area contributed by atoms with Crippen LogP contribution < -0.4 is 0 Å². The summed E-state index contributed by atoms with van der Waals surface area (Å²) in [7, 11) is -2.91. The van der Waals surface area contributed by atoms with Gasteiger partial charge in [-0.1, -0.05) is 6.58 Å². The van der Waals surface area contributed by atoms with E-state index in [0.29, 0.717) is 19.8 Å². The van der Waals surface area contributed by atoms with Gasteiger partial charge in [-0.05, 0) is 20.8 Å². The SMILES string of the molecule is C=CC(=O)OCC(O)C[Si](OCC)(OCC)OCC. The molecule has 0 aliphatic heterocycles. The van der Waals surface area contributed by atoms with Crippen LogP contribution in [-0.2, 0) is 22.8 Å². The number of carbonyl (C=O) groups is 1. The first-order valence-electron chi connectivity index (χ1n) is 6.42. The molecule has 0 aromatic carbocycles. The molecule has 7 heteroatoms. The van der Waals surface area contributed by atoms with Crippen molar-refractivity contribution in [1.29, 1.82) is 0 Å². The molecule has 0 aliphatic rings. The van der Waals surface area contributed by atoms with Crippen molar-refractivity contribution in [2.45, 2.75) is 32.9 Å². The molecule has 0 heterocycles. The molecule has 1 N–H and O–H groups in total. The number of esters is 1. The van der Waals surface area contributed by atoms with Gasteiger partial charge in [-0.3, -0.25) is 0 Å². The number of carbonyl (C=O) groups excluding carboxylic acids is 1. The highest BCUT2D eigenvalue weighted by Crippen LogP contribution is 2.18. The van der Waals surface area contributed by atoms with E-state index in [0.717, 1.165) is 6.08 Å². The fraction of sp³-hybridized carbons (Fsp3) is 0.750. The molecule has 1 unspecified atom stereocenters. The Morgan fingerprint density at radius 1 is 1.21 bits per heavy atom. The zero-order valence-corrected chi connectivity index (χ0v) is 12.9. The van der Waals surface area contributed by atoms with Crippen molar-refractivity contribution >= 4 is 14.8 Å². The van der Waals surface area contributed by atoms with Gasteiger partial charge in [0.1, 0.15) is 6.61 Å². The Balaban J connectivity index is 4.50. The maximum Gasteiger partial charge on any atom is 0.503 e. The third kappa shape index (κ3) is 7.43. The maximum atomic E-state index is 10.9. The summed E-state index contributed by atoms with van der Waals surface area (Å²) >= 11 is 0. The predicted octanol–water partition coefficient (Wildman–Crippen LogP) is 1.12. The number of rotatable bonds is 11. The molecule has 0 bridgehead atoms. The van der Waals surface area contributed by atoms with E-state index >= 15 is 0 Å². The van der Waals surface area contributed by atoms with E-state index < -0.39 is 20.9 Å². The fourth-order valence-corrected chi connectivity index (χ4v) is 4.16. The zero-order valence-electron chi connectivity index (χ0n) is 11.9. The fourth-order valence-electron chi connectivity index (χ4n) is 1.55. The molecule has 0 aromatic rings. The lowest BCUT2D eigenvalue weighted by molar-refractivity contribution is -0.140. The quantitative estimate of drug-likeness (QED) is 0.349. The van der Waals surface area contributed by atoms with E-state index in [2.05, 4.69) is 6.58 Å². The van der Waals surface area contributed by atoms with Gasteiger partial charge in [0.15, 0.2) is 0 Å². The molecule has 0 aromatic heterocycles. The van der Waals surface area contributed by atoms with Gasteiger partial charge in [0.05, 0.1) is 6.10 Å². The molecular formula is C12H24O6Si. The molecule has 0 spiro atoms. The summed E-state index contributed by atoms with van der Waals surface area (Å²) in [5.74, 6) is -0.574. The first kappa shape index (κ1) is 18.3. The Bertz CT molecular complexity index is 254. The molecule has 19 heavy (non-hydrogen) atoms. The standard InChI is InChI=1S/C12H24O6Si/c1-5-12(14)15-9-11(13)10-19(16-6-2,17-7-3)18-8-4/h5,11,13H,1,6-10H2,2-4H3. The molecule has 0 saturated heterocycles. The second-order valence-electron chi connectivity index (χ2n) is 3.67. The summed E-state index contributed by atoms with van der Waals surface area (Å²) in [5.41, 5.74) is 0. The van der Waals surface area contributed by atoms with Crippen molar-refractivity contribution in [2.24, 2.45) is 0 Å². The van der Waals surface area contributed by atoms with Crippen molar-refractivity contribution in [3.63, 3.8) is 0 Å². The largest absolute Gasteiger partial charge is 0.503 e. The molecule has 0 rings (SSSR count). The molecule has 0 saturated carbocycles. The lowest BCUT2D eigenvalue weighted by atomic mass is 10.4. The first-order valence-corrected chi connectivity index (χ1v) is 8.35. The minimum Gasteiger partial charge on any atom is -0.460 e. The van der Waals surface area contributed by atoms with Crippen LogP contribution in [0.15, 0.2) is 12.7 Å². The van der Waals surface area contributed by atoms with Crippen molar-refractivity contribution in [2.75, 3.05) is 26.4 Å². The van der Waals surface area contributed by atoms with Gasteiger partial charge in [0.2, 0.25) is 0 Å². The Kier molecular flexibility index (Phi) is 9.71. The van der Waals surface area contributed by atoms with E-state index in [1.54, 1.807) is 0 Å². The van der Waals surface area contributed by atoms with Crippen LogP contribution in [0.4, 0.5) is 0 Å². The summed E-state index contributed by atoms with van der Waals surface area (Å²) in [5, 5.41) is 9.89. The number of aliphatic hydroxyl groups excluding tert-OH is 1. The van der Waals surface area contributed by atoms with Gasteiger partial charge >= 0.3 is 14.8 Å². The monoisotopic (exact) mass is 292 g/mol. The highest BCUT2D eigenvalue weighted by molar-refractivity contribution is 6.60. The molecule has 0 aliphatic carbocycles. The van der Waals surface area contributed by atoms with Gasteiger partial charge in [0, 0.05) is 31.9 Å². The van der Waals surface area contributed by atoms with E-state index in [1.165, 1.54) is 0 Å². The summed E-state index contributed by atoms with van der Waals surface area (Å²) in [6.45, 7) is 9.97. The van der Waals surface area contributed by atoms with Crippen LogP contribution >= 0.6 is 0 Å². The summed E-state index contributed by atoms with van der Waals surface area (Å²) in [6, 6.07) is 0.187. The molecule has 0 amide bonds. The normalized spacial score (nSPS) is 13.1. The third-order valence-electron chi connectivity index (χ3n) is 2.16. The zero-order chi connectivity index (χ0) is 14.7. The van der Waals surface area contributed by atoms with Gasteiger partial charge in [-0.25, -0.2) is 4.79 Å². The Hall–Kier alpha value is -0.733. The number of hydrogen-bond acceptors (Lipinski definition) is 6. The molecular weight excluding hydrogens is 268 g/mol. The van der Waals surface area contributed by atoms with E-state index in [4.69, 9.17) is 18.0 Å². The number of ether oxygens (including phenoxy) is 1. The van der Waals surface area contributed by atoms with E-state index in [1.807, 2.05) is 20.8 Å². The van der Waals surface area contributed by atoms with E-state index in [-0.39, 0.29) is 12.7 Å². The second kappa shape index (κ2) is 10.1. The van der Waals surface area contributed by atoms with Crippen LogP contribution in [0.1, 0.15) is 20.8 Å². The minimum atomic E-state index is -2.91. The molecule has 6 nitrogen and oxygen atoms in total. The van der Waals surface area contributed by atoms with Gasteiger partial charge in [-0.15, -0.1) is 0 Å². The maximum absolute atomic E-state index is 10.9. The van der Waals surface area contributed by atoms with Crippen LogP contribution in [0, 0.1) is 0 Å². The lowest BCUT2D eigenvalue weighted by Gasteiger charge is -2.29. The lowest BCUT2D eigenvalue weighted by Crippen LogP contribution is -2.49. The van der Waals surface area contributed by atoms with Crippen LogP contribution in [0.3, 0.4) is 0 Å². The van der Waals surface area contributed by atoms with Crippen LogP contribution in [0.5, 0.6) is 0 Å². The summed E-state index contributed by atoms with van der Waals surface area (Å²) < 4.78 is 21.5. The third-order valence-corrected chi connectivity index (χ3v) is 5.32. The van der Waals surface area contributed by atoms with Crippen molar-refractivity contribution in [3.8, 4) is 0 Å². The van der Waals surface area contributed by atoms with Crippen LogP contribution in [0.2, 0.25) is 6.04 Å². The predicted molar refractivity (Wildman–Crippen MR) is 72.6 cm³/mol. The van der Waals surface area contributed by atoms with Gasteiger partial charge < -0.3 is 23.1 Å². The van der Waals surface area contributed by atoms with Gasteiger partial charge in [0.25, 0.3) is 0 Å². The molecule has 112 valence electrons. The smallest absolute Gasteiger partial charge is 0.460 e. The average molecular weight is 292 g/mol. The molecule has 0 radical (unpaired) electrons. The second-order valence-corrected chi connectivity index (χ2v) is 6.31. The van der Waals surface area contributed by atoms with E-state index in [9.17, 15) is 9.90 Å². The van der Waals surface area contributed by atoms with Crippen molar-refractivity contribution < 1.29 is 27.9 Å². The number of hydrogen-bond donors (Lipinski definition) is 1. The van der Waals surface area contributed by atoms with Gasteiger partial charge in [-0.2, -0.15) is 0 Å². The summed E-state index contributed by atoms with van der Waals surface area (Å²) in [6.07, 6.45) is 0.158. The number of aliphatic hydroxyl groups is 1. The first-order chi connectivity index (χ1) is 9.03. The van der Waals surface area contributed by atoms with Crippen LogP contribution in [-0.4, -0.2) is 52.4 Å². The van der Waals surface area contributed by atoms with Crippen LogP contribution in [0.25, 0.3) is 0 Å². The Morgan fingerprint density at radius 3 is 2.05 bits per heavy atom. The summed E-state index contributed by atoms with van der Waals surface area (Å²) in [4.78, 5) is 10.9. The average Bonchev–Trinajstić information content (AvgIpc) is 2.36. The highest BCUT2D eigenvalue weighted by Gasteiger charge is 2.42. The Morgan fingerprint density at radius 2 is 1.68 bits per heavy atom. The Labute approximate surface area is 115 Å². The highest BCUT2D eigenvalue weighted by atomic mass is 28.4. The molecule has 1 atom stereocenters. The van der Waals surface area contributed by atoms with Crippen molar-refractivity contribution in [3.05, 3.63) is 12.7 Å².